The molecule has 7 nitrogen and oxygen atoms in total. The molecule has 10 heteroatoms. The van der Waals surface area contributed by atoms with E-state index in [1.54, 1.807) is 37.3 Å². The topological polar surface area (TPSA) is 79.1 Å². The first kappa shape index (κ1) is 30.1. The van der Waals surface area contributed by atoms with Crippen molar-refractivity contribution in [3.63, 3.8) is 0 Å². The van der Waals surface area contributed by atoms with Crippen LogP contribution in [0.3, 0.4) is 0 Å². The Kier molecular flexibility index (Phi) is 9.54. The van der Waals surface area contributed by atoms with E-state index in [0.29, 0.717) is 38.7 Å². The average molecular weight is 713 g/mol. The van der Waals surface area contributed by atoms with E-state index in [-0.39, 0.29) is 12.2 Å². The minimum Gasteiger partial charge on any atom is -0.493 e. The third-order valence-corrected chi connectivity index (χ3v) is 9.25. The van der Waals surface area contributed by atoms with Gasteiger partial charge in [0.05, 0.1) is 39.1 Å². The Hall–Kier alpha value is -3.35. The third kappa shape index (κ3) is 6.20. The minimum absolute atomic E-state index is 0.226. The summed E-state index contributed by atoms with van der Waals surface area (Å²) in [5.41, 5.74) is 3.32. The zero-order valence-electron chi connectivity index (χ0n) is 23.5. The van der Waals surface area contributed by atoms with Gasteiger partial charge in [-0.15, -0.1) is 11.8 Å². The van der Waals surface area contributed by atoms with Crippen molar-refractivity contribution in [1.82, 2.24) is 4.57 Å². The van der Waals surface area contributed by atoms with E-state index in [4.69, 9.17) is 14.2 Å². The van der Waals surface area contributed by atoms with Crippen LogP contribution in [-0.4, -0.2) is 30.5 Å². The van der Waals surface area contributed by atoms with E-state index in [1.165, 1.54) is 11.3 Å². The molecule has 0 radical (unpaired) electrons. The zero-order chi connectivity index (χ0) is 29.8. The van der Waals surface area contributed by atoms with Gasteiger partial charge in [-0.1, -0.05) is 53.8 Å². The average Bonchev–Trinajstić information content (AvgIpc) is 3.30. The predicted octanol–water partition coefficient (Wildman–Crippen LogP) is 5.71. The summed E-state index contributed by atoms with van der Waals surface area (Å²) in [6.07, 6.45) is 3.83. The van der Waals surface area contributed by atoms with Crippen molar-refractivity contribution in [2.75, 3.05) is 20.0 Å². The van der Waals surface area contributed by atoms with Gasteiger partial charge in [-0.05, 0) is 89.7 Å². The van der Waals surface area contributed by atoms with Gasteiger partial charge in [0.1, 0.15) is 6.61 Å². The number of carbonyl (C=O) groups excluding carboxylic acids is 1. The number of esters is 1. The van der Waals surface area contributed by atoms with Gasteiger partial charge in [0.15, 0.2) is 16.3 Å². The Morgan fingerprint density at radius 2 is 1.88 bits per heavy atom. The number of nitrogens with zero attached hydrogens (tertiary/aromatic N) is 2. The number of fused-ring (bicyclic) bond motifs is 1. The largest absolute Gasteiger partial charge is 0.493 e. The molecule has 42 heavy (non-hydrogen) atoms. The Balaban J connectivity index is 1.58. The van der Waals surface area contributed by atoms with Gasteiger partial charge in [-0.2, -0.15) is 0 Å². The van der Waals surface area contributed by atoms with Gasteiger partial charge < -0.3 is 14.2 Å². The maximum absolute atomic E-state index is 14.0. The molecule has 216 valence electrons. The number of aromatic nitrogens is 1. The summed E-state index contributed by atoms with van der Waals surface area (Å²) in [6, 6.07) is 21.0. The number of rotatable bonds is 9. The molecular formula is C32H29IN2O5S2. The first-order chi connectivity index (χ1) is 20.3. The maximum Gasteiger partial charge on any atom is 0.338 e. The molecule has 0 aliphatic carbocycles. The summed E-state index contributed by atoms with van der Waals surface area (Å²) >= 11 is 5.13. The monoisotopic (exact) mass is 712 g/mol. The van der Waals surface area contributed by atoms with Gasteiger partial charge in [0.25, 0.3) is 5.56 Å². The number of ether oxygens (including phenoxy) is 3. The lowest BCUT2D eigenvalue weighted by Crippen LogP contribution is -2.39. The number of hydrogen-bond acceptors (Lipinski definition) is 8. The number of hydrogen-bond donors (Lipinski definition) is 0. The molecule has 1 aliphatic heterocycles. The van der Waals surface area contributed by atoms with Crippen molar-refractivity contribution >= 4 is 57.7 Å². The quantitative estimate of drug-likeness (QED) is 0.126. The molecule has 3 aromatic carbocycles. The number of benzene rings is 3. The van der Waals surface area contributed by atoms with Crippen molar-refractivity contribution in [3.05, 3.63) is 118 Å². The predicted molar refractivity (Wildman–Crippen MR) is 175 cm³/mol. The van der Waals surface area contributed by atoms with Crippen LogP contribution in [0.5, 0.6) is 11.5 Å². The number of methoxy groups -OCH3 is 1. The molecule has 0 saturated heterocycles. The molecule has 0 amide bonds. The van der Waals surface area contributed by atoms with E-state index < -0.39 is 12.0 Å². The summed E-state index contributed by atoms with van der Waals surface area (Å²) in [7, 11) is 1.60. The molecule has 4 aromatic rings. The first-order valence-electron chi connectivity index (χ1n) is 13.2. The van der Waals surface area contributed by atoms with Gasteiger partial charge in [0, 0.05) is 4.90 Å². The second-order valence-electron chi connectivity index (χ2n) is 9.38. The molecule has 0 bridgehead atoms. The standard InChI is InChI=1S/C32H29IN2O5S2/c1-5-39-31(37)27-19(2)34-32-35(28(27)22-11-13-23(41-4)14-12-22)30(36)26(42-32)17-21-15-24(33)29(25(16-21)38-3)40-18-20-9-7-6-8-10-20/h6-17,28H,5,18H2,1-4H3/b26-17-. The lowest BCUT2D eigenvalue weighted by molar-refractivity contribution is -0.139. The van der Waals surface area contributed by atoms with Crippen molar-refractivity contribution in [1.29, 1.82) is 0 Å². The summed E-state index contributed by atoms with van der Waals surface area (Å²) in [4.78, 5) is 33.4. The van der Waals surface area contributed by atoms with E-state index in [9.17, 15) is 9.59 Å². The number of halogens is 1. The summed E-state index contributed by atoms with van der Waals surface area (Å²) < 4.78 is 20.1. The Morgan fingerprint density at radius 1 is 1.14 bits per heavy atom. The summed E-state index contributed by atoms with van der Waals surface area (Å²) in [6.45, 7) is 4.18. The Morgan fingerprint density at radius 3 is 2.55 bits per heavy atom. The second kappa shape index (κ2) is 13.3. The van der Waals surface area contributed by atoms with Crippen molar-refractivity contribution in [3.8, 4) is 11.5 Å². The van der Waals surface area contributed by atoms with Crippen molar-refractivity contribution in [2.24, 2.45) is 4.99 Å². The Bertz CT molecular complexity index is 1830. The second-order valence-corrected chi connectivity index (χ2v) is 12.4. The molecule has 0 N–H and O–H groups in total. The van der Waals surface area contributed by atoms with E-state index in [1.807, 2.05) is 79.1 Å². The normalized spacial score (nSPS) is 14.8. The highest BCUT2D eigenvalue weighted by Gasteiger charge is 2.33. The van der Waals surface area contributed by atoms with Gasteiger partial charge in [-0.25, -0.2) is 9.79 Å². The van der Waals surface area contributed by atoms with Crippen LogP contribution in [-0.2, 0) is 16.1 Å². The highest BCUT2D eigenvalue weighted by atomic mass is 127. The van der Waals surface area contributed by atoms with Crippen LogP contribution in [0.4, 0.5) is 0 Å². The fraction of sp³-hybridized carbons (Fsp3) is 0.219. The van der Waals surface area contributed by atoms with Crippen molar-refractivity contribution < 1.29 is 19.0 Å². The molecule has 1 atom stereocenters. The number of carbonyl (C=O) groups is 1. The number of allylic oxidation sites excluding steroid dienone is 1. The fourth-order valence-corrected chi connectivity index (χ4v) is 6.97. The third-order valence-electron chi connectivity index (χ3n) is 6.72. The van der Waals surface area contributed by atoms with Crippen LogP contribution in [0.2, 0.25) is 0 Å². The number of thiazole rings is 1. The van der Waals surface area contributed by atoms with Gasteiger partial charge in [-0.3, -0.25) is 9.36 Å². The zero-order valence-corrected chi connectivity index (χ0v) is 27.3. The maximum atomic E-state index is 14.0. The van der Waals surface area contributed by atoms with Crippen LogP contribution in [0, 0.1) is 3.57 Å². The molecule has 5 rings (SSSR count). The van der Waals surface area contributed by atoms with Crippen molar-refractivity contribution in [2.45, 2.75) is 31.4 Å². The molecule has 1 unspecified atom stereocenters. The molecule has 0 fully saturated rings. The van der Waals surface area contributed by atoms with Crippen LogP contribution in [0.15, 0.2) is 92.7 Å². The van der Waals surface area contributed by atoms with E-state index in [2.05, 4.69) is 27.6 Å². The highest BCUT2D eigenvalue weighted by molar-refractivity contribution is 14.1. The van der Waals surface area contributed by atoms with Crippen LogP contribution >= 0.6 is 45.7 Å². The fourth-order valence-electron chi connectivity index (χ4n) is 4.74. The lowest BCUT2D eigenvalue weighted by Gasteiger charge is -2.24. The molecule has 1 aliphatic rings. The highest BCUT2D eigenvalue weighted by Crippen LogP contribution is 2.35. The smallest absolute Gasteiger partial charge is 0.338 e. The molecule has 0 saturated carbocycles. The number of thioether (sulfide) groups is 1. The summed E-state index contributed by atoms with van der Waals surface area (Å²) in [5, 5.41) is 0. The molecule has 1 aromatic heterocycles. The van der Waals surface area contributed by atoms with E-state index >= 15 is 0 Å². The summed E-state index contributed by atoms with van der Waals surface area (Å²) in [5.74, 6) is 0.741. The first-order valence-corrected chi connectivity index (χ1v) is 16.3. The minimum atomic E-state index is -0.651. The van der Waals surface area contributed by atoms with Gasteiger partial charge in [0.2, 0.25) is 0 Å². The van der Waals surface area contributed by atoms with Crippen LogP contribution in [0.1, 0.15) is 36.6 Å². The Labute approximate surface area is 265 Å². The van der Waals surface area contributed by atoms with Crippen LogP contribution in [0.25, 0.3) is 6.08 Å². The van der Waals surface area contributed by atoms with Gasteiger partial charge >= 0.3 is 5.97 Å². The molecule has 0 spiro atoms. The van der Waals surface area contributed by atoms with E-state index in [0.717, 1.165) is 25.2 Å². The SMILES string of the molecule is CCOC(=O)C1=C(C)N=c2s/c(=C\c3cc(I)c(OCc4ccccc4)c(OC)c3)c(=O)n2C1c1ccc(SC)cc1. The molecular weight excluding hydrogens is 683 g/mol. The van der Waals surface area contributed by atoms with Crippen LogP contribution < -0.4 is 24.4 Å². The molecule has 2 heterocycles. The lowest BCUT2D eigenvalue weighted by atomic mass is 9.96.